The number of carbonyl (C=O) groups is 1. The smallest absolute Gasteiger partial charge is 0.338 e. The number of esters is 1. The fourth-order valence-corrected chi connectivity index (χ4v) is 2.42. The topological polar surface area (TPSA) is 46.5 Å². The lowest BCUT2D eigenvalue weighted by Crippen LogP contribution is -2.22. The molecule has 0 unspecified atom stereocenters. The Bertz CT molecular complexity index is 592. The number of hydrogen-bond acceptors (Lipinski definition) is 3. The normalized spacial score (nSPS) is 20.9. The van der Waals surface area contributed by atoms with Crippen LogP contribution in [0.1, 0.15) is 27.6 Å². The molecule has 0 fully saturated rings. The van der Waals surface area contributed by atoms with Gasteiger partial charge in [0.05, 0.1) is 5.56 Å². The molecule has 2 aromatic rings. The van der Waals surface area contributed by atoms with E-state index in [1.54, 1.807) is 24.3 Å². The van der Waals surface area contributed by atoms with Crippen molar-refractivity contribution in [2.24, 2.45) is 0 Å². The molecular weight excluding hydrogens is 240 g/mol. The number of aliphatic hydroxyl groups is 1. The van der Waals surface area contributed by atoms with Crippen LogP contribution in [0.4, 0.5) is 0 Å². The Labute approximate surface area is 111 Å². The number of aliphatic hydroxyl groups excluding tert-OH is 1. The van der Waals surface area contributed by atoms with Crippen LogP contribution >= 0.6 is 0 Å². The first-order valence-electron chi connectivity index (χ1n) is 6.27. The van der Waals surface area contributed by atoms with Gasteiger partial charge in [-0.2, -0.15) is 0 Å². The predicted octanol–water partition coefficient (Wildman–Crippen LogP) is 2.50. The van der Waals surface area contributed by atoms with Gasteiger partial charge in [-0.25, -0.2) is 4.79 Å². The van der Waals surface area contributed by atoms with E-state index in [2.05, 4.69) is 0 Å². The molecule has 0 bridgehead atoms. The van der Waals surface area contributed by atoms with Crippen LogP contribution in [-0.2, 0) is 11.2 Å². The highest BCUT2D eigenvalue weighted by Gasteiger charge is 2.33. The van der Waals surface area contributed by atoms with Crippen LogP contribution < -0.4 is 0 Å². The van der Waals surface area contributed by atoms with E-state index in [0.717, 1.165) is 11.1 Å². The van der Waals surface area contributed by atoms with E-state index in [4.69, 9.17) is 4.74 Å². The monoisotopic (exact) mass is 254 g/mol. The minimum absolute atomic E-state index is 0.391. The highest BCUT2D eigenvalue weighted by Crippen LogP contribution is 2.33. The molecule has 0 spiro atoms. The molecule has 3 rings (SSSR count). The second kappa shape index (κ2) is 4.86. The fraction of sp³-hybridized carbons (Fsp3) is 0.188. The van der Waals surface area contributed by atoms with Crippen molar-refractivity contribution in [3.8, 4) is 0 Å². The molecule has 0 saturated carbocycles. The van der Waals surface area contributed by atoms with Crippen molar-refractivity contribution in [3.63, 3.8) is 0 Å². The minimum Gasteiger partial charge on any atom is -0.455 e. The van der Waals surface area contributed by atoms with Crippen LogP contribution in [0.3, 0.4) is 0 Å². The van der Waals surface area contributed by atoms with Crippen molar-refractivity contribution < 1.29 is 14.6 Å². The van der Waals surface area contributed by atoms with Gasteiger partial charge < -0.3 is 9.84 Å². The quantitative estimate of drug-likeness (QED) is 0.837. The lowest BCUT2D eigenvalue weighted by Gasteiger charge is -2.16. The highest BCUT2D eigenvalue weighted by atomic mass is 16.6. The number of rotatable bonds is 2. The summed E-state index contributed by atoms with van der Waals surface area (Å²) in [6.07, 6.45) is -0.662. The number of fused-ring (bicyclic) bond motifs is 1. The molecule has 0 heterocycles. The van der Waals surface area contributed by atoms with E-state index in [9.17, 15) is 9.90 Å². The van der Waals surface area contributed by atoms with Crippen molar-refractivity contribution >= 4 is 5.97 Å². The third-order valence-electron chi connectivity index (χ3n) is 3.41. The van der Waals surface area contributed by atoms with Crippen molar-refractivity contribution in [2.75, 3.05) is 0 Å². The van der Waals surface area contributed by atoms with E-state index in [1.165, 1.54) is 0 Å². The molecule has 1 aliphatic rings. The van der Waals surface area contributed by atoms with Crippen molar-refractivity contribution in [1.82, 2.24) is 0 Å². The molecule has 1 aliphatic carbocycles. The average Bonchev–Trinajstić information content (AvgIpc) is 2.77. The van der Waals surface area contributed by atoms with Gasteiger partial charge in [-0.05, 0) is 23.3 Å². The van der Waals surface area contributed by atoms with Gasteiger partial charge in [-0.15, -0.1) is 0 Å². The van der Waals surface area contributed by atoms with Gasteiger partial charge in [-0.1, -0.05) is 42.5 Å². The average molecular weight is 254 g/mol. The fourth-order valence-electron chi connectivity index (χ4n) is 2.42. The number of hydrogen-bond donors (Lipinski definition) is 1. The first-order chi connectivity index (χ1) is 9.25. The molecular formula is C16H14O3. The van der Waals surface area contributed by atoms with Gasteiger partial charge in [0.2, 0.25) is 0 Å². The Morgan fingerprint density at radius 2 is 1.74 bits per heavy atom. The Kier molecular flexibility index (Phi) is 3.05. The van der Waals surface area contributed by atoms with Crippen molar-refractivity contribution in [2.45, 2.75) is 18.6 Å². The largest absolute Gasteiger partial charge is 0.455 e. The van der Waals surface area contributed by atoms with E-state index >= 15 is 0 Å². The van der Waals surface area contributed by atoms with E-state index in [0.29, 0.717) is 12.0 Å². The van der Waals surface area contributed by atoms with E-state index in [1.807, 2.05) is 30.3 Å². The van der Waals surface area contributed by atoms with Gasteiger partial charge in [0.25, 0.3) is 0 Å². The summed E-state index contributed by atoms with van der Waals surface area (Å²) in [6, 6.07) is 16.5. The number of carbonyl (C=O) groups excluding carboxylic acids is 1. The zero-order valence-electron chi connectivity index (χ0n) is 10.3. The molecule has 0 aromatic heterocycles. The standard InChI is InChI=1S/C16H14O3/c17-15-13-9-5-4-8-12(13)10-14(15)19-16(18)11-6-2-1-3-7-11/h1-9,14-15,17H,10H2/t14-,15+/m0/s1. The molecule has 2 aromatic carbocycles. The summed E-state index contributed by atoms with van der Waals surface area (Å²) in [5.41, 5.74) is 2.40. The van der Waals surface area contributed by atoms with Crippen LogP contribution in [0.25, 0.3) is 0 Å². The molecule has 2 atom stereocenters. The molecule has 0 saturated heterocycles. The van der Waals surface area contributed by atoms with E-state index < -0.39 is 18.2 Å². The maximum Gasteiger partial charge on any atom is 0.338 e. The third kappa shape index (κ3) is 2.25. The second-order valence-corrected chi connectivity index (χ2v) is 4.66. The van der Waals surface area contributed by atoms with Gasteiger partial charge in [-0.3, -0.25) is 0 Å². The molecule has 3 heteroatoms. The molecule has 3 nitrogen and oxygen atoms in total. The zero-order chi connectivity index (χ0) is 13.2. The predicted molar refractivity (Wildman–Crippen MR) is 70.8 cm³/mol. The molecule has 0 amide bonds. The summed E-state index contributed by atoms with van der Waals surface area (Å²) in [4.78, 5) is 12.0. The zero-order valence-corrected chi connectivity index (χ0v) is 10.3. The lowest BCUT2D eigenvalue weighted by atomic mass is 10.1. The Morgan fingerprint density at radius 3 is 2.47 bits per heavy atom. The van der Waals surface area contributed by atoms with Crippen LogP contribution in [0.5, 0.6) is 0 Å². The summed E-state index contributed by atoms with van der Waals surface area (Å²) in [6.45, 7) is 0. The molecule has 96 valence electrons. The summed E-state index contributed by atoms with van der Waals surface area (Å²) in [5, 5.41) is 10.2. The van der Waals surface area contributed by atoms with Gasteiger partial charge in [0, 0.05) is 6.42 Å². The van der Waals surface area contributed by atoms with Crippen LogP contribution in [-0.4, -0.2) is 17.2 Å². The van der Waals surface area contributed by atoms with E-state index in [-0.39, 0.29) is 0 Å². The summed E-state index contributed by atoms with van der Waals surface area (Å²) in [7, 11) is 0. The number of ether oxygens (including phenoxy) is 1. The van der Waals surface area contributed by atoms with Crippen molar-refractivity contribution in [3.05, 3.63) is 71.3 Å². The maximum absolute atomic E-state index is 12.0. The van der Waals surface area contributed by atoms with Gasteiger partial charge in [0.1, 0.15) is 12.2 Å². The van der Waals surface area contributed by atoms with Crippen LogP contribution in [0.15, 0.2) is 54.6 Å². The minimum atomic E-state index is -0.733. The summed E-state index contributed by atoms with van der Waals surface area (Å²) >= 11 is 0. The molecule has 19 heavy (non-hydrogen) atoms. The highest BCUT2D eigenvalue weighted by molar-refractivity contribution is 5.89. The maximum atomic E-state index is 12.0. The van der Waals surface area contributed by atoms with Crippen LogP contribution in [0.2, 0.25) is 0 Å². The lowest BCUT2D eigenvalue weighted by molar-refractivity contribution is -0.0111. The molecule has 0 aliphatic heterocycles. The van der Waals surface area contributed by atoms with Crippen LogP contribution in [0, 0.1) is 0 Å². The summed E-state index contributed by atoms with van der Waals surface area (Å²) in [5.74, 6) is -0.391. The second-order valence-electron chi connectivity index (χ2n) is 4.66. The Balaban J connectivity index is 1.75. The Morgan fingerprint density at radius 1 is 1.05 bits per heavy atom. The summed E-state index contributed by atoms with van der Waals surface area (Å²) < 4.78 is 5.40. The third-order valence-corrected chi connectivity index (χ3v) is 3.41. The molecule has 0 radical (unpaired) electrons. The van der Waals surface area contributed by atoms with Crippen molar-refractivity contribution in [1.29, 1.82) is 0 Å². The SMILES string of the molecule is O=C(O[C@H]1Cc2ccccc2[C@H]1O)c1ccccc1. The van der Waals surface area contributed by atoms with Gasteiger partial charge in [0.15, 0.2) is 0 Å². The van der Waals surface area contributed by atoms with Gasteiger partial charge >= 0.3 is 5.97 Å². The molecule has 1 N–H and O–H groups in total. The first-order valence-corrected chi connectivity index (χ1v) is 6.27. The number of benzene rings is 2. The first kappa shape index (κ1) is 11.9. The Hall–Kier alpha value is -2.13.